The Bertz CT molecular complexity index is 469. The average Bonchev–Trinajstić information content (AvgIpc) is 2.85. The lowest BCUT2D eigenvalue weighted by atomic mass is 10.3. The topological polar surface area (TPSA) is 94.1 Å². The number of aromatic nitrogens is 3. The molecule has 0 radical (unpaired) electrons. The molecule has 90 valence electrons. The van der Waals surface area contributed by atoms with E-state index in [1.54, 1.807) is 10.9 Å². The molecule has 1 aromatic rings. The van der Waals surface area contributed by atoms with Gasteiger partial charge in [0.05, 0.1) is 24.2 Å². The molecule has 2 heterocycles. The monoisotopic (exact) mass is 245 g/mol. The molecule has 1 saturated heterocycles. The van der Waals surface area contributed by atoms with Crippen molar-refractivity contribution in [2.45, 2.75) is 19.0 Å². The van der Waals surface area contributed by atoms with Crippen LogP contribution in [0.25, 0.3) is 0 Å². The second kappa shape index (κ2) is 4.11. The van der Waals surface area contributed by atoms with Crippen molar-refractivity contribution in [3.8, 4) is 0 Å². The van der Waals surface area contributed by atoms with Crippen LogP contribution in [0, 0.1) is 0 Å². The lowest BCUT2D eigenvalue weighted by molar-refractivity contribution is 0.431. The van der Waals surface area contributed by atoms with E-state index >= 15 is 0 Å². The summed E-state index contributed by atoms with van der Waals surface area (Å²) in [6.45, 7) is 1.36. The van der Waals surface area contributed by atoms with Gasteiger partial charge in [-0.1, -0.05) is 5.21 Å². The van der Waals surface area contributed by atoms with Gasteiger partial charge in [-0.25, -0.2) is 13.1 Å². The number of hydrogen-bond acceptors (Lipinski definition) is 5. The Morgan fingerprint density at radius 2 is 2.38 bits per heavy atom. The second-order valence-corrected chi connectivity index (χ2v) is 5.94. The predicted molar refractivity (Wildman–Crippen MR) is 58.0 cm³/mol. The fraction of sp³-hybridized carbons (Fsp3) is 0.750. The van der Waals surface area contributed by atoms with E-state index in [0.29, 0.717) is 19.6 Å². The highest BCUT2D eigenvalue weighted by molar-refractivity contribution is 7.88. The maximum Gasteiger partial charge on any atom is 0.211 e. The molecule has 0 spiro atoms. The Morgan fingerprint density at radius 3 is 2.88 bits per heavy atom. The van der Waals surface area contributed by atoms with Crippen molar-refractivity contribution in [1.82, 2.24) is 19.3 Å². The van der Waals surface area contributed by atoms with E-state index in [2.05, 4.69) is 10.3 Å². The van der Waals surface area contributed by atoms with Crippen LogP contribution in [0.2, 0.25) is 0 Å². The van der Waals surface area contributed by atoms with Crippen molar-refractivity contribution < 1.29 is 8.42 Å². The molecule has 0 aliphatic carbocycles. The fourth-order valence-corrected chi connectivity index (χ4v) is 2.69. The van der Waals surface area contributed by atoms with E-state index in [-0.39, 0.29) is 6.04 Å². The molecule has 0 saturated carbocycles. The number of rotatable bonds is 3. The summed E-state index contributed by atoms with van der Waals surface area (Å²) >= 11 is 0. The van der Waals surface area contributed by atoms with Crippen LogP contribution < -0.4 is 5.73 Å². The molecule has 0 unspecified atom stereocenters. The highest BCUT2D eigenvalue weighted by Crippen LogP contribution is 2.22. The van der Waals surface area contributed by atoms with Crippen molar-refractivity contribution >= 4 is 10.0 Å². The van der Waals surface area contributed by atoms with E-state index in [1.807, 2.05) is 0 Å². The van der Waals surface area contributed by atoms with Crippen molar-refractivity contribution in [3.05, 3.63) is 11.9 Å². The first-order chi connectivity index (χ1) is 7.50. The van der Waals surface area contributed by atoms with Crippen molar-refractivity contribution in [3.63, 3.8) is 0 Å². The highest BCUT2D eigenvalue weighted by atomic mass is 32.2. The van der Waals surface area contributed by atoms with Crippen LogP contribution in [0.5, 0.6) is 0 Å². The largest absolute Gasteiger partial charge is 0.325 e. The molecule has 1 aliphatic rings. The molecule has 1 aromatic heterocycles. The van der Waals surface area contributed by atoms with Crippen LogP contribution in [-0.4, -0.2) is 47.1 Å². The standard InChI is InChI=1S/C8H15N5O2S/c1-16(14,15)12-3-2-8(6-12)13-5-7(4-9)10-11-13/h5,8H,2-4,6,9H2,1H3/t8-/m1/s1. The Hall–Kier alpha value is -0.990. The molecule has 1 aliphatic heterocycles. The highest BCUT2D eigenvalue weighted by Gasteiger charge is 2.30. The zero-order valence-electron chi connectivity index (χ0n) is 9.07. The minimum absolute atomic E-state index is 0.0718. The van der Waals surface area contributed by atoms with Gasteiger partial charge in [-0.3, -0.25) is 0 Å². The van der Waals surface area contributed by atoms with Crippen molar-refractivity contribution in [1.29, 1.82) is 0 Å². The van der Waals surface area contributed by atoms with Crippen LogP contribution in [0.3, 0.4) is 0 Å². The molecule has 1 fully saturated rings. The SMILES string of the molecule is CS(=O)(=O)N1CC[C@@H](n2cc(CN)nn2)C1. The molecule has 7 nitrogen and oxygen atoms in total. The van der Waals surface area contributed by atoms with Gasteiger partial charge in [-0.15, -0.1) is 5.10 Å². The van der Waals surface area contributed by atoms with Crippen LogP contribution >= 0.6 is 0 Å². The van der Waals surface area contributed by atoms with Gasteiger partial charge < -0.3 is 5.73 Å². The van der Waals surface area contributed by atoms with Gasteiger partial charge in [0.15, 0.2) is 0 Å². The molecule has 2 N–H and O–H groups in total. The molecule has 16 heavy (non-hydrogen) atoms. The summed E-state index contributed by atoms with van der Waals surface area (Å²) in [4.78, 5) is 0. The number of nitrogens with two attached hydrogens (primary N) is 1. The van der Waals surface area contributed by atoms with E-state index in [1.165, 1.54) is 10.6 Å². The van der Waals surface area contributed by atoms with Crippen LogP contribution in [0.4, 0.5) is 0 Å². The van der Waals surface area contributed by atoms with Crippen LogP contribution in [0.1, 0.15) is 18.2 Å². The third-order valence-corrected chi connectivity index (χ3v) is 4.01. The summed E-state index contributed by atoms with van der Waals surface area (Å²) in [5, 5.41) is 7.84. The zero-order chi connectivity index (χ0) is 11.8. The van der Waals surface area contributed by atoms with Gasteiger partial charge in [0.25, 0.3) is 0 Å². The number of nitrogens with zero attached hydrogens (tertiary/aromatic N) is 4. The maximum absolute atomic E-state index is 11.3. The number of sulfonamides is 1. The summed E-state index contributed by atoms with van der Waals surface area (Å²) in [6, 6.07) is 0.0718. The van der Waals surface area contributed by atoms with Gasteiger partial charge in [0.1, 0.15) is 0 Å². The number of hydrogen-bond donors (Lipinski definition) is 1. The molecule has 0 amide bonds. The minimum Gasteiger partial charge on any atom is -0.325 e. The normalized spacial score (nSPS) is 22.8. The Balaban J connectivity index is 2.09. The van der Waals surface area contributed by atoms with Crippen molar-refractivity contribution in [2.24, 2.45) is 5.73 Å². The first-order valence-corrected chi connectivity index (χ1v) is 6.91. The Labute approximate surface area is 94.3 Å². The lowest BCUT2D eigenvalue weighted by Gasteiger charge is -2.12. The lowest BCUT2D eigenvalue weighted by Crippen LogP contribution is -2.28. The first-order valence-electron chi connectivity index (χ1n) is 5.06. The fourth-order valence-electron chi connectivity index (χ4n) is 1.81. The van der Waals surface area contributed by atoms with E-state index < -0.39 is 10.0 Å². The summed E-state index contributed by atoms with van der Waals surface area (Å²) in [5.41, 5.74) is 6.16. The maximum atomic E-state index is 11.3. The molecule has 2 rings (SSSR count). The van der Waals surface area contributed by atoms with Gasteiger partial charge in [0, 0.05) is 19.6 Å². The van der Waals surface area contributed by atoms with Crippen molar-refractivity contribution in [2.75, 3.05) is 19.3 Å². The van der Waals surface area contributed by atoms with Crippen LogP contribution in [0.15, 0.2) is 6.20 Å². The van der Waals surface area contributed by atoms with Gasteiger partial charge in [-0.2, -0.15) is 4.31 Å². The quantitative estimate of drug-likeness (QED) is 0.732. The average molecular weight is 245 g/mol. The molecule has 0 bridgehead atoms. The second-order valence-electron chi connectivity index (χ2n) is 3.96. The van der Waals surface area contributed by atoms with E-state index in [9.17, 15) is 8.42 Å². The minimum atomic E-state index is -3.10. The molecule has 1 atom stereocenters. The first kappa shape index (κ1) is 11.5. The van der Waals surface area contributed by atoms with E-state index in [4.69, 9.17) is 5.73 Å². The third-order valence-electron chi connectivity index (χ3n) is 2.74. The molecular weight excluding hydrogens is 230 g/mol. The molecule has 8 heteroatoms. The van der Waals surface area contributed by atoms with Gasteiger partial charge in [0.2, 0.25) is 10.0 Å². The summed E-state index contributed by atoms with van der Waals surface area (Å²) < 4.78 is 25.8. The summed E-state index contributed by atoms with van der Waals surface area (Å²) in [7, 11) is -3.10. The molecular formula is C8H15N5O2S. The van der Waals surface area contributed by atoms with Gasteiger partial charge in [-0.05, 0) is 6.42 Å². The Kier molecular flexibility index (Phi) is 2.96. The van der Waals surface area contributed by atoms with E-state index in [0.717, 1.165) is 12.1 Å². The smallest absolute Gasteiger partial charge is 0.211 e. The Morgan fingerprint density at radius 1 is 1.62 bits per heavy atom. The van der Waals surface area contributed by atoms with Crippen LogP contribution in [-0.2, 0) is 16.6 Å². The zero-order valence-corrected chi connectivity index (χ0v) is 9.89. The predicted octanol–water partition coefficient (Wildman–Crippen LogP) is -1.06. The van der Waals surface area contributed by atoms with Gasteiger partial charge >= 0.3 is 0 Å². The molecule has 0 aromatic carbocycles. The third kappa shape index (κ3) is 2.23. The summed E-state index contributed by atoms with van der Waals surface area (Å²) in [6.07, 6.45) is 3.76. The summed E-state index contributed by atoms with van der Waals surface area (Å²) in [5.74, 6) is 0.